The van der Waals surface area contributed by atoms with Crippen LogP contribution in [-0.4, -0.2) is 7.11 Å². The smallest absolute Gasteiger partial charge is 0.126 e. The lowest BCUT2D eigenvalue weighted by Crippen LogP contribution is -1.88. The van der Waals surface area contributed by atoms with E-state index in [0.717, 1.165) is 16.9 Å². The first-order chi connectivity index (χ1) is 13.2. The third kappa shape index (κ3) is 3.63. The first-order valence-electron chi connectivity index (χ1n) is 9.15. The number of benzene rings is 4. The molecule has 0 aromatic heterocycles. The number of para-hydroxylation sites is 1. The molecule has 132 valence electrons. The van der Waals surface area contributed by atoms with Crippen molar-refractivity contribution < 1.29 is 4.74 Å². The molecule has 0 bridgehead atoms. The van der Waals surface area contributed by atoms with Crippen molar-refractivity contribution in [2.24, 2.45) is 0 Å². The van der Waals surface area contributed by atoms with Crippen molar-refractivity contribution in [2.75, 3.05) is 7.11 Å². The Bertz CT molecular complexity index is 1080. The lowest BCUT2D eigenvalue weighted by Gasteiger charge is -2.11. The average molecular weight is 350 g/mol. The summed E-state index contributed by atoms with van der Waals surface area (Å²) >= 11 is 0. The monoisotopic (exact) mass is 350 g/mol. The predicted molar refractivity (Wildman–Crippen MR) is 114 cm³/mol. The molecule has 0 aliphatic carbocycles. The summed E-state index contributed by atoms with van der Waals surface area (Å²) in [6.07, 6.45) is 0. The SMILES string of the molecule is COc1ccccc1-c1cccc(-c2cccc(-c3cccc(C)c3)c2)c1. The summed E-state index contributed by atoms with van der Waals surface area (Å²) in [5.41, 5.74) is 8.44. The molecule has 1 heteroatoms. The molecule has 0 unspecified atom stereocenters. The van der Waals surface area contributed by atoms with Crippen molar-refractivity contribution in [1.82, 2.24) is 0 Å². The maximum absolute atomic E-state index is 5.53. The molecule has 0 aliphatic heterocycles. The Morgan fingerprint density at radius 2 is 1.04 bits per heavy atom. The highest BCUT2D eigenvalue weighted by molar-refractivity contribution is 5.78. The fraction of sp³-hybridized carbons (Fsp3) is 0.0769. The Labute approximate surface area is 160 Å². The maximum Gasteiger partial charge on any atom is 0.126 e. The topological polar surface area (TPSA) is 9.23 Å². The highest BCUT2D eigenvalue weighted by atomic mass is 16.5. The van der Waals surface area contributed by atoms with E-state index in [1.807, 2.05) is 18.2 Å². The Hall–Kier alpha value is -3.32. The van der Waals surface area contributed by atoms with Gasteiger partial charge in [0, 0.05) is 5.56 Å². The van der Waals surface area contributed by atoms with Crippen LogP contribution in [0.3, 0.4) is 0 Å². The average Bonchev–Trinajstić information content (AvgIpc) is 2.74. The molecule has 0 atom stereocenters. The quantitative estimate of drug-likeness (QED) is 0.385. The second-order valence-corrected chi connectivity index (χ2v) is 6.73. The third-order valence-electron chi connectivity index (χ3n) is 4.83. The van der Waals surface area contributed by atoms with Crippen LogP contribution < -0.4 is 4.74 Å². The number of ether oxygens (including phenoxy) is 1. The first-order valence-corrected chi connectivity index (χ1v) is 9.15. The van der Waals surface area contributed by atoms with E-state index in [1.165, 1.54) is 27.8 Å². The van der Waals surface area contributed by atoms with Gasteiger partial charge in [-0.1, -0.05) is 84.4 Å². The van der Waals surface area contributed by atoms with Gasteiger partial charge in [0.2, 0.25) is 0 Å². The van der Waals surface area contributed by atoms with Crippen LogP contribution in [0.5, 0.6) is 5.75 Å². The summed E-state index contributed by atoms with van der Waals surface area (Å²) in [5.74, 6) is 0.892. The summed E-state index contributed by atoms with van der Waals surface area (Å²) in [5, 5.41) is 0. The minimum Gasteiger partial charge on any atom is -0.496 e. The fourth-order valence-corrected chi connectivity index (χ4v) is 3.45. The largest absolute Gasteiger partial charge is 0.496 e. The fourth-order valence-electron chi connectivity index (χ4n) is 3.45. The Morgan fingerprint density at radius 1 is 0.519 bits per heavy atom. The van der Waals surface area contributed by atoms with Crippen molar-refractivity contribution >= 4 is 0 Å². The summed E-state index contributed by atoms with van der Waals surface area (Å²) in [7, 11) is 1.72. The summed E-state index contributed by atoms with van der Waals surface area (Å²) in [4.78, 5) is 0. The highest BCUT2D eigenvalue weighted by Crippen LogP contribution is 2.33. The number of methoxy groups -OCH3 is 1. The molecule has 0 amide bonds. The van der Waals surface area contributed by atoms with Gasteiger partial charge < -0.3 is 4.74 Å². The third-order valence-corrected chi connectivity index (χ3v) is 4.83. The zero-order chi connectivity index (χ0) is 18.6. The maximum atomic E-state index is 5.53. The molecule has 4 aromatic rings. The van der Waals surface area contributed by atoms with Crippen LogP contribution in [0, 0.1) is 6.92 Å². The molecule has 0 N–H and O–H groups in total. The van der Waals surface area contributed by atoms with E-state index in [1.54, 1.807) is 7.11 Å². The van der Waals surface area contributed by atoms with Gasteiger partial charge >= 0.3 is 0 Å². The van der Waals surface area contributed by atoms with Gasteiger partial charge in [0.15, 0.2) is 0 Å². The van der Waals surface area contributed by atoms with Crippen molar-refractivity contribution in [3.63, 3.8) is 0 Å². The molecule has 4 rings (SSSR count). The minimum atomic E-state index is 0.892. The van der Waals surface area contributed by atoms with E-state index < -0.39 is 0 Å². The number of hydrogen-bond donors (Lipinski definition) is 0. The van der Waals surface area contributed by atoms with Crippen LogP contribution in [-0.2, 0) is 0 Å². The molecular formula is C26H22O. The molecule has 0 fully saturated rings. The van der Waals surface area contributed by atoms with Crippen LogP contribution in [0.2, 0.25) is 0 Å². The van der Waals surface area contributed by atoms with Gasteiger partial charge in [-0.15, -0.1) is 0 Å². The molecule has 0 radical (unpaired) electrons. The summed E-state index contributed by atoms with van der Waals surface area (Å²) in [6.45, 7) is 2.13. The molecule has 0 saturated carbocycles. The van der Waals surface area contributed by atoms with Gasteiger partial charge in [0.05, 0.1) is 7.11 Å². The number of aryl methyl sites for hydroxylation is 1. The summed E-state index contributed by atoms with van der Waals surface area (Å²) < 4.78 is 5.53. The number of hydrogen-bond acceptors (Lipinski definition) is 1. The Morgan fingerprint density at radius 3 is 1.67 bits per heavy atom. The van der Waals surface area contributed by atoms with Gasteiger partial charge in [-0.05, 0) is 52.9 Å². The van der Waals surface area contributed by atoms with Gasteiger partial charge in [-0.2, -0.15) is 0 Å². The number of rotatable bonds is 4. The zero-order valence-corrected chi connectivity index (χ0v) is 15.6. The molecule has 1 nitrogen and oxygen atoms in total. The molecule has 0 heterocycles. The van der Waals surface area contributed by atoms with Crippen molar-refractivity contribution in [3.05, 3.63) is 103 Å². The molecule has 0 saturated heterocycles. The highest BCUT2D eigenvalue weighted by Gasteiger charge is 2.07. The standard InChI is InChI=1S/C26H22O/c1-19-8-5-9-20(16-19)21-10-6-11-22(17-21)23-12-7-13-24(18-23)25-14-3-4-15-26(25)27-2/h3-18H,1-2H3. The zero-order valence-electron chi connectivity index (χ0n) is 15.6. The summed E-state index contributed by atoms with van der Waals surface area (Å²) in [6, 6.07) is 34.1. The second-order valence-electron chi connectivity index (χ2n) is 6.73. The van der Waals surface area contributed by atoms with Crippen LogP contribution in [0.25, 0.3) is 33.4 Å². The van der Waals surface area contributed by atoms with Gasteiger partial charge in [-0.25, -0.2) is 0 Å². The lowest BCUT2D eigenvalue weighted by molar-refractivity contribution is 0.416. The minimum absolute atomic E-state index is 0.892. The van der Waals surface area contributed by atoms with E-state index in [-0.39, 0.29) is 0 Å². The van der Waals surface area contributed by atoms with Crippen molar-refractivity contribution in [2.45, 2.75) is 6.92 Å². The van der Waals surface area contributed by atoms with Crippen LogP contribution in [0.1, 0.15) is 5.56 Å². The van der Waals surface area contributed by atoms with E-state index in [9.17, 15) is 0 Å². The Kier molecular flexibility index (Phi) is 4.76. The second kappa shape index (κ2) is 7.51. The van der Waals surface area contributed by atoms with Crippen molar-refractivity contribution in [1.29, 1.82) is 0 Å². The van der Waals surface area contributed by atoms with E-state index in [0.29, 0.717) is 0 Å². The van der Waals surface area contributed by atoms with Crippen molar-refractivity contribution in [3.8, 4) is 39.1 Å². The van der Waals surface area contributed by atoms with E-state index >= 15 is 0 Å². The van der Waals surface area contributed by atoms with E-state index in [4.69, 9.17) is 4.74 Å². The normalized spacial score (nSPS) is 10.6. The van der Waals surface area contributed by atoms with E-state index in [2.05, 4.69) is 85.8 Å². The molecule has 0 aliphatic rings. The van der Waals surface area contributed by atoms with Gasteiger partial charge in [0.1, 0.15) is 5.75 Å². The first kappa shape index (κ1) is 17.1. The van der Waals surface area contributed by atoms with Gasteiger partial charge in [0.25, 0.3) is 0 Å². The lowest BCUT2D eigenvalue weighted by atomic mass is 9.95. The molecule has 0 spiro atoms. The van der Waals surface area contributed by atoms with Crippen LogP contribution in [0.15, 0.2) is 97.1 Å². The molecule has 27 heavy (non-hydrogen) atoms. The van der Waals surface area contributed by atoms with Gasteiger partial charge in [-0.3, -0.25) is 0 Å². The predicted octanol–water partition coefficient (Wildman–Crippen LogP) is 7.00. The van der Waals surface area contributed by atoms with Crippen LogP contribution >= 0.6 is 0 Å². The molecular weight excluding hydrogens is 328 g/mol. The molecule has 4 aromatic carbocycles. The van der Waals surface area contributed by atoms with Crippen LogP contribution in [0.4, 0.5) is 0 Å². The Balaban J connectivity index is 1.76.